The Morgan fingerprint density at radius 1 is 0.917 bits per heavy atom. The van der Waals surface area contributed by atoms with Crippen LogP contribution in [-0.4, -0.2) is 49.4 Å². The van der Waals surface area contributed by atoms with Crippen LogP contribution < -0.4 is 15.5 Å². The summed E-state index contributed by atoms with van der Waals surface area (Å²) < 4.78 is 5.49. The van der Waals surface area contributed by atoms with Crippen LogP contribution in [0.3, 0.4) is 0 Å². The van der Waals surface area contributed by atoms with E-state index in [1.807, 2.05) is 48.5 Å². The lowest BCUT2D eigenvalue weighted by Gasteiger charge is -2.56. The standard InChI is InChI=1S/C29H35N3O3S/c33-27(31-29-16-20-13-21(17-29)15-22(14-20)18-29)19-36-26-8-4-1-5-23(26)28(34)30-24-6-2-3-7-25(24)32-9-11-35-12-10-32/h1-8,20-22H,9-19H2,(H,30,34)(H,31,33). The maximum Gasteiger partial charge on any atom is 0.256 e. The molecule has 0 radical (unpaired) electrons. The summed E-state index contributed by atoms with van der Waals surface area (Å²) in [5, 5.41) is 6.57. The lowest BCUT2D eigenvalue weighted by molar-refractivity contribution is -0.124. The first-order chi connectivity index (χ1) is 17.6. The summed E-state index contributed by atoms with van der Waals surface area (Å²) in [6.07, 6.45) is 7.54. The first-order valence-corrected chi connectivity index (χ1v) is 14.3. The molecule has 190 valence electrons. The normalized spacial score (nSPS) is 28.7. The predicted octanol–water partition coefficient (Wildman–Crippen LogP) is 4.95. The minimum absolute atomic E-state index is 0.0203. The minimum Gasteiger partial charge on any atom is -0.378 e. The van der Waals surface area contributed by atoms with Crippen LogP contribution in [0, 0.1) is 17.8 Å². The number of nitrogens with zero attached hydrogens (tertiary/aromatic N) is 1. The molecule has 4 aliphatic carbocycles. The molecule has 0 spiro atoms. The summed E-state index contributed by atoms with van der Waals surface area (Å²) >= 11 is 1.46. The molecule has 5 aliphatic rings. The number of para-hydroxylation sites is 2. The van der Waals surface area contributed by atoms with E-state index in [4.69, 9.17) is 4.74 Å². The summed E-state index contributed by atoms with van der Waals surface area (Å²) in [6.45, 7) is 2.98. The lowest BCUT2D eigenvalue weighted by atomic mass is 9.53. The van der Waals surface area contributed by atoms with E-state index in [0.29, 0.717) is 24.5 Å². The molecular formula is C29H35N3O3S. The molecule has 0 atom stereocenters. The summed E-state index contributed by atoms with van der Waals surface area (Å²) in [5.41, 5.74) is 2.42. The van der Waals surface area contributed by atoms with Crippen LogP contribution in [0.25, 0.3) is 0 Å². The number of ether oxygens (including phenoxy) is 1. The predicted molar refractivity (Wildman–Crippen MR) is 144 cm³/mol. The number of benzene rings is 2. The molecule has 4 saturated carbocycles. The van der Waals surface area contributed by atoms with Gasteiger partial charge in [0.25, 0.3) is 5.91 Å². The number of rotatable bonds is 7. The van der Waals surface area contributed by atoms with Crippen LogP contribution >= 0.6 is 11.8 Å². The SMILES string of the molecule is O=C(CSc1ccccc1C(=O)Nc1ccccc1N1CCOCC1)NC12CC3CC(CC(C3)C1)C2. The number of carbonyl (C=O) groups is 2. The maximum absolute atomic E-state index is 13.3. The van der Waals surface area contributed by atoms with Gasteiger partial charge in [-0.25, -0.2) is 0 Å². The zero-order valence-electron chi connectivity index (χ0n) is 20.7. The van der Waals surface area contributed by atoms with Crippen molar-refractivity contribution in [3.8, 4) is 0 Å². The zero-order chi connectivity index (χ0) is 24.5. The minimum atomic E-state index is -0.152. The maximum atomic E-state index is 13.3. The number of morpholine rings is 1. The number of thioether (sulfide) groups is 1. The van der Waals surface area contributed by atoms with E-state index in [1.165, 1.54) is 31.0 Å². The lowest BCUT2D eigenvalue weighted by Crippen LogP contribution is -2.60. The highest BCUT2D eigenvalue weighted by molar-refractivity contribution is 8.00. The van der Waals surface area contributed by atoms with Crippen LogP contribution in [0.2, 0.25) is 0 Å². The van der Waals surface area contributed by atoms with Crippen molar-refractivity contribution in [2.45, 2.75) is 49.0 Å². The van der Waals surface area contributed by atoms with Gasteiger partial charge in [0, 0.05) is 23.5 Å². The van der Waals surface area contributed by atoms with Crippen molar-refractivity contribution in [1.82, 2.24) is 5.32 Å². The third-order valence-electron chi connectivity index (χ3n) is 8.44. The highest BCUT2D eigenvalue weighted by Crippen LogP contribution is 2.55. The van der Waals surface area contributed by atoms with Gasteiger partial charge in [-0.05, 0) is 80.5 Å². The van der Waals surface area contributed by atoms with E-state index in [0.717, 1.165) is 66.4 Å². The summed E-state index contributed by atoms with van der Waals surface area (Å²) in [6, 6.07) is 15.5. The molecule has 7 heteroatoms. The molecule has 1 heterocycles. The van der Waals surface area contributed by atoms with Gasteiger partial charge in [-0.15, -0.1) is 11.8 Å². The number of carbonyl (C=O) groups excluding carboxylic acids is 2. The summed E-state index contributed by atoms with van der Waals surface area (Å²) in [7, 11) is 0. The number of amides is 2. The molecular weight excluding hydrogens is 470 g/mol. The van der Waals surface area contributed by atoms with Gasteiger partial charge in [-0.3, -0.25) is 9.59 Å². The van der Waals surface area contributed by atoms with E-state index in [9.17, 15) is 9.59 Å². The second kappa shape index (κ2) is 10.1. The van der Waals surface area contributed by atoms with Gasteiger partial charge in [-0.1, -0.05) is 24.3 Å². The van der Waals surface area contributed by atoms with Crippen LogP contribution in [0.1, 0.15) is 48.9 Å². The number of hydrogen-bond acceptors (Lipinski definition) is 5. The summed E-state index contributed by atoms with van der Waals surface area (Å²) in [5.74, 6) is 2.67. The molecule has 2 N–H and O–H groups in total. The van der Waals surface area contributed by atoms with E-state index >= 15 is 0 Å². The van der Waals surface area contributed by atoms with E-state index in [2.05, 4.69) is 15.5 Å². The van der Waals surface area contributed by atoms with Gasteiger partial charge < -0.3 is 20.3 Å². The molecule has 5 fully saturated rings. The number of hydrogen-bond donors (Lipinski definition) is 2. The third kappa shape index (κ3) is 5.00. The Kier molecular flexibility index (Phi) is 6.69. The van der Waals surface area contributed by atoms with Crippen LogP contribution in [-0.2, 0) is 9.53 Å². The Morgan fingerprint density at radius 3 is 2.28 bits per heavy atom. The van der Waals surface area contributed by atoms with Crippen molar-refractivity contribution in [2.24, 2.45) is 17.8 Å². The monoisotopic (exact) mass is 505 g/mol. The zero-order valence-corrected chi connectivity index (χ0v) is 21.5. The molecule has 2 amide bonds. The van der Waals surface area contributed by atoms with Crippen molar-refractivity contribution in [3.63, 3.8) is 0 Å². The Balaban J connectivity index is 1.11. The van der Waals surface area contributed by atoms with E-state index in [1.54, 1.807) is 0 Å². The first-order valence-electron chi connectivity index (χ1n) is 13.3. The van der Waals surface area contributed by atoms with Crippen LogP contribution in [0.15, 0.2) is 53.4 Å². The van der Waals surface area contributed by atoms with Crippen molar-refractivity contribution in [3.05, 3.63) is 54.1 Å². The Morgan fingerprint density at radius 2 is 1.56 bits per heavy atom. The Hall–Kier alpha value is -2.51. The molecule has 7 rings (SSSR count). The quantitative estimate of drug-likeness (QED) is 0.521. The molecule has 2 aromatic carbocycles. The molecule has 2 aromatic rings. The van der Waals surface area contributed by atoms with Gasteiger partial charge in [0.1, 0.15) is 0 Å². The number of anilines is 2. The topological polar surface area (TPSA) is 70.7 Å². The fourth-order valence-corrected chi connectivity index (χ4v) is 8.22. The molecule has 1 aliphatic heterocycles. The van der Waals surface area contributed by atoms with Crippen LogP contribution in [0.4, 0.5) is 11.4 Å². The van der Waals surface area contributed by atoms with E-state index in [-0.39, 0.29) is 17.4 Å². The highest BCUT2D eigenvalue weighted by atomic mass is 32.2. The van der Waals surface area contributed by atoms with Gasteiger partial charge >= 0.3 is 0 Å². The van der Waals surface area contributed by atoms with Gasteiger partial charge in [0.2, 0.25) is 5.91 Å². The van der Waals surface area contributed by atoms with Crippen molar-refractivity contribution < 1.29 is 14.3 Å². The molecule has 0 unspecified atom stereocenters. The second-order valence-corrected chi connectivity index (χ2v) is 12.1. The second-order valence-electron chi connectivity index (χ2n) is 11.1. The largest absolute Gasteiger partial charge is 0.378 e. The average Bonchev–Trinajstić information content (AvgIpc) is 2.87. The molecule has 36 heavy (non-hydrogen) atoms. The van der Waals surface area contributed by atoms with Crippen molar-refractivity contribution in [2.75, 3.05) is 42.3 Å². The molecule has 0 aromatic heterocycles. The first kappa shape index (κ1) is 23.9. The van der Waals surface area contributed by atoms with Gasteiger partial charge in [0.05, 0.1) is 35.9 Å². The van der Waals surface area contributed by atoms with Crippen LogP contribution in [0.5, 0.6) is 0 Å². The Bertz CT molecular complexity index is 1090. The fraction of sp³-hybridized carbons (Fsp3) is 0.517. The number of nitrogens with one attached hydrogen (secondary N) is 2. The van der Waals surface area contributed by atoms with Gasteiger partial charge in [-0.2, -0.15) is 0 Å². The smallest absolute Gasteiger partial charge is 0.256 e. The summed E-state index contributed by atoms with van der Waals surface area (Å²) in [4.78, 5) is 29.5. The molecule has 6 nitrogen and oxygen atoms in total. The Labute approximate surface area is 217 Å². The van der Waals surface area contributed by atoms with Crippen molar-refractivity contribution >= 4 is 35.0 Å². The van der Waals surface area contributed by atoms with E-state index < -0.39 is 0 Å². The highest BCUT2D eigenvalue weighted by Gasteiger charge is 2.51. The molecule has 4 bridgehead atoms. The van der Waals surface area contributed by atoms with Crippen molar-refractivity contribution in [1.29, 1.82) is 0 Å². The third-order valence-corrected chi connectivity index (χ3v) is 9.51. The molecule has 1 saturated heterocycles. The fourth-order valence-electron chi connectivity index (χ4n) is 7.37. The van der Waals surface area contributed by atoms with Gasteiger partial charge in [0.15, 0.2) is 0 Å². The average molecular weight is 506 g/mol.